The third-order valence-electron chi connectivity index (χ3n) is 19.6. The van der Waals surface area contributed by atoms with E-state index in [1.807, 2.05) is 0 Å². The number of phenols is 2. The Labute approximate surface area is 604 Å². The molecule has 0 unspecified atom stereocenters. The van der Waals surface area contributed by atoms with Crippen LogP contribution in [0.4, 0.5) is 28.9 Å². The van der Waals surface area contributed by atoms with E-state index >= 15 is 8.78 Å². The Bertz CT molecular complexity index is 4870. The number of pyridine rings is 2. The molecule has 12 rings (SSSR count). The summed E-state index contributed by atoms with van der Waals surface area (Å²) in [5.41, 5.74) is -5.04. The number of ether oxygens (including phenoxy) is 5. The van der Waals surface area contributed by atoms with Gasteiger partial charge in [-0.25, -0.2) is 17.6 Å². The first-order chi connectivity index (χ1) is 51.0. The molecule has 34 heteroatoms. The zero-order chi connectivity index (χ0) is 76.6. The molecule has 562 valence electrons. The summed E-state index contributed by atoms with van der Waals surface area (Å²) in [5.74, 6) is -15.4. The average Bonchev–Trinajstić information content (AvgIpc) is 1.59. The van der Waals surface area contributed by atoms with Crippen LogP contribution >= 0.6 is 0 Å². The second-order valence-corrected chi connectivity index (χ2v) is 26.7. The van der Waals surface area contributed by atoms with E-state index in [1.165, 1.54) is 62.8 Å². The topological polar surface area (TPSA) is 434 Å². The SMILES string of the molecule is COc1cccc2c1C(=O)c1c(O)c3c(c(O)c1C2=O)C[C@@](O)(C(=O)CO)C[C@@H]3O[C@H]1C[C@H](NC(=O)[C@@H]2CC(F)(F)CN2C(=O)CNC(=O)c2ccnc3ccc(OCCCCNc4c(NCCCCOc5ccc6nccc(C(=O)NCC(=O)N7CC(F)(F)C[C@@H]7C#N)c6c5)c(=O)c4=O)cc23)[C@H](O)[C@H](C)O1. The third-order valence-corrected chi connectivity index (χ3v) is 19.6. The maximum atomic E-state index is 15.3. The molecule has 7 aromatic rings. The molecule has 5 aliphatic rings. The van der Waals surface area contributed by atoms with Crippen molar-refractivity contribution in [1.82, 2.24) is 35.7 Å². The van der Waals surface area contributed by atoms with Crippen molar-refractivity contribution in [2.45, 2.75) is 125 Å². The van der Waals surface area contributed by atoms with E-state index in [-0.39, 0.29) is 63.7 Å². The molecule has 2 aromatic heterocycles. The van der Waals surface area contributed by atoms with E-state index in [2.05, 4.69) is 36.6 Å². The van der Waals surface area contributed by atoms with Gasteiger partial charge in [0.05, 0.1) is 110 Å². The number of rotatable bonds is 27. The highest BCUT2D eigenvalue weighted by Crippen LogP contribution is 2.53. The highest BCUT2D eigenvalue weighted by Gasteiger charge is 2.54. The number of halogens is 4. The third kappa shape index (κ3) is 15.3. The summed E-state index contributed by atoms with van der Waals surface area (Å²) in [5, 5.41) is 80.1. The number of amides is 5. The number of hydrogen-bond donors (Lipinski definition) is 10. The number of alkyl halides is 4. The Balaban J connectivity index is 0.601. The van der Waals surface area contributed by atoms with Crippen LogP contribution in [0.25, 0.3) is 21.8 Å². The summed E-state index contributed by atoms with van der Waals surface area (Å²) in [6, 6.07) is 13.7. The van der Waals surface area contributed by atoms with Crippen LogP contribution in [0.15, 0.2) is 88.7 Å². The lowest BCUT2D eigenvalue weighted by atomic mass is 9.72. The number of aliphatic hydroxyl groups excluding tert-OH is 2. The van der Waals surface area contributed by atoms with Gasteiger partial charge in [-0.05, 0) is 87.2 Å². The largest absolute Gasteiger partial charge is 0.507 e. The van der Waals surface area contributed by atoms with E-state index in [1.54, 1.807) is 36.4 Å². The maximum Gasteiger partial charge on any atom is 0.268 e. The number of likely N-dealkylation sites (tertiary alicyclic amines) is 2. The van der Waals surface area contributed by atoms with E-state index in [0.29, 0.717) is 77.0 Å². The highest BCUT2D eigenvalue weighted by molar-refractivity contribution is 6.31. The zero-order valence-corrected chi connectivity index (χ0v) is 57.4. The van der Waals surface area contributed by atoms with E-state index < -0.39 is 205 Å². The van der Waals surface area contributed by atoms with Gasteiger partial charge in [0, 0.05) is 85.1 Å². The Hall–Kier alpha value is -11.3. The van der Waals surface area contributed by atoms with E-state index in [4.69, 9.17) is 23.7 Å². The second kappa shape index (κ2) is 30.7. The number of Topliss-reactive ketones (excluding diaryl/α,β-unsaturated/α-hetero) is 1. The van der Waals surface area contributed by atoms with Gasteiger partial charge in [-0.3, -0.25) is 57.9 Å². The van der Waals surface area contributed by atoms with Crippen LogP contribution in [0.1, 0.15) is 128 Å². The van der Waals surface area contributed by atoms with Crippen LogP contribution in [0.5, 0.6) is 28.7 Å². The number of carbonyl (C=O) groups excluding carboxylic acids is 8. The molecule has 0 bridgehead atoms. The molecule has 30 nitrogen and oxygen atoms in total. The number of aromatic hydroxyl groups is 2. The van der Waals surface area contributed by atoms with Crippen molar-refractivity contribution in [3.8, 4) is 34.8 Å². The number of phenolic OH excluding ortho intramolecular Hbond substituents is 2. The normalized spacial score (nSPS) is 21.9. The molecule has 8 atom stereocenters. The molecule has 0 radical (unpaired) electrons. The number of benzene rings is 4. The molecule has 5 heterocycles. The van der Waals surface area contributed by atoms with E-state index in [9.17, 15) is 87.5 Å². The van der Waals surface area contributed by atoms with Gasteiger partial charge in [-0.2, -0.15) is 5.26 Å². The highest BCUT2D eigenvalue weighted by atomic mass is 19.3. The maximum absolute atomic E-state index is 15.3. The lowest BCUT2D eigenvalue weighted by molar-refractivity contribution is -0.249. The van der Waals surface area contributed by atoms with Crippen LogP contribution in [0.3, 0.4) is 0 Å². The lowest BCUT2D eigenvalue weighted by Crippen LogP contribution is -2.58. The van der Waals surface area contributed by atoms with Crippen LogP contribution < -0.4 is 51.7 Å². The summed E-state index contributed by atoms with van der Waals surface area (Å²) < 4.78 is 87.9. The fourth-order valence-electron chi connectivity index (χ4n) is 14.2. The lowest BCUT2D eigenvalue weighted by Gasteiger charge is -2.43. The van der Waals surface area contributed by atoms with Crippen molar-refractivity contribution >= 4 is 80.1 Å². The summed E-state index contributed by atoms with van der Waals surface area (Å²) in [6.07, 6.45) is -5.24. The molecule has 2 aliphatic carbocycles. The van der Waals surface area contributed by atoms with Gasteiger partial charge < -0.3 is 85.6 Å². The summed E-state index contributed by atoms with van der Waals surface area (Å²) in [7, 11) is 1.25. The number of aromatic nitrogens is 2. The van der Waals surface area contributed by atoms with Crippen molar-refractivity contribution in [2.24, 2.45) is 0 Å². The number of carbonyl (C=O) groups is 8. The summed E-state index contributed by atoms with van der Waals surface area (Å²) in [6.45, 7) is -2.44. The number of fused-ring (bicyclic) bond motifs is 5. The van der Waals surface area contributed by atoms with Crippen LogP contribution in [-0.2, 0) is 35.1 Å². The Kier molecular flexibility index (Phi) is 21.6. The van der Waals surface area contributed by atoms with Crippen molar-refractivity contribution in [2.75, 3.05) is 76.8 Å². The van der Waals surface area contributed by atoms with Gasteiger partial charge in [0.2, 0.25) is 23.5 Å². The standard InChI is InChI=1S/C73H72F4N10O20/c1-35-61(92)47(24-54(106-35)107-50-28-71(102,51(89)32-88)26-44-56(50)65(96)58-57(63(44)94)62(93)41-8-7-9-49(103-2)55(41)64(58)95)85-70(101)48-27-73(76,77)34-87(48)53(91)31-84-69(100)40-15-19-80-46-13-11-38(23-43(40)46)105-21-6-4-17-82-60-59(66(97)67(60)98)81-16-3-5-20-104-37-10-12-45-42(22-37)39(14-18-79-45)68(99)83-30-52(90)86-33-72(74,75)25-36(86)29-78/h7-15,18-19,22-23,35-36,47-48,50,54,61,81-82,88,92,94,96,102H,3-6,16-17,20-21,24-28,30-34H2,1-2H3,(H,83,99)(H,84,100)(H,85,101)/t35-,36+,47-,48-,50-,54-,61+,71-/m0/s1. The smallest absolute Gasteiger partial charge is 0.268 e. The molecule has 3 fully saturated rings. The van der Waals surface area contributed by atoms with Gasteiger partial charge >= 0.3 is 0 Å². The zero-order valence-electron chi connectivity index (χ0n) is 57.4. The van der Waals surface area contributed by atoms with Crippen molar-refractivity contribution in [1.29, 1.82) is 5.26 Å². The second-order valence-electron chi connectivity index (χ2n) is 26.7. The molecular formula is C73H72F4N10O20. The number of nitriles is 1. The van der Waals surface area contributed by atoms with Gasteiger partial charge in [0.25, 0.3) is 34.5 Å². The number of hydrogen-bond acceptors (Lipinski definition) is 25. The fourth-order valence-corrected chi connectivity index (χ4v) is 14.2. The molecule has 5 aromatic carbocycles. The number of methoxy groups -OCH3 is 1. The Morgan fingerprint density at radius 2 is 1.28 bits per heavy atom. The molecule has 5 amide bonds. The number of ketones is 3. The number of nitrogens with one attached hydrogen (secondary N) is 5. The molecule has 0 saturated carbocycles. The molecule has 3 saturated heterocycles. The molecule has 107 heavy (non-hydrogen) atoms. The van der Waals surface area contributed by atoms with Crippen LogP contribution in [0, 0.1) is 11.3 Å². The minimum absolute atomic E-state index is 0.0245. The quantitative estimate of drug-likeness (QED) is 0.0152. The predicted molar refractivity (Wildman–Crippen MR) is 367 cm³/mol. The first kappa shape index (κ1) is 75.4. The number of anilines is 2. The Morgan fingerprint density at radius 1 is 0.720 bits per heavy atom. The van der Waals surface area contributed by atoms with Crippen molar-refractivity contribution < 1.29 is 105 Å². The fraction of sp³-hybridized carbons (Fsp3) is 0.411. The molecular weight excluding hydrogens is 1410 g/mol. The average molecular weight is 1490 g/mol. The predicted octanol–water partition coefficient (Wildman–Crippen LogP) is 3.55. The van der Waals surface area contributed by atoms with Gasteiger partial charge in [0.15, 0.2) is 17.9 Å². The first-order valence-corrected chi connectivity index (χ1v) is 34.2. The first-order valence-electron chi connectivity index (χ1n) is 34.2. The number of nitrogens with zero attached hydrogens (tertiary/aromatic N) is 5. The molecule has 0 spiro atoms. The van der Waals surface area contributed by atoms with Gasteiger partial charge in [-0.1, -0.05) is 12.1 Å². The van der Waals surface area contributed by atoms with E-state index in [0.717, 1.165) is 4.90 Å². The van der Waals surface area contributed by atoms with Crippen molar-refractivity contribution in [3.63, 3.8) is 0 Å². The molecule has 3 aliphatic heterocycles. The van der Waals surface area contributed by atoms with Crippen LogP contribution in [-0.4, -0.2) is 212 Å². The van der Waals surface area contributed by atoms with Gasteiger partial charge in [0.1, 0.15) is 70.5 Å². The monoisotopic (exact) mass is 1480 g/mol. The minimum Gasteiger partial charge on any atom is -0.507 e. The summed E-state index contributed by atoms with van der Waals surface area (Å²) in [4.78, 5) is 144. The molecule has 10 N–H and O–H groups in total. The summed E-state index contributed by atoms with van der Waals surface area (Å²) >= 11 is 0. The van der Waals surface area contributed by atoms with Gasteiger partial charge in [-0.15, -0.1) is 0 Å². The number of unbranched alkanes of at least 4 members (excludes halogenated alkanes) is 2. The Morgan fingerprint density at radius 3 is 1.85 bits per heavy atom. The van der Waals surface area contributed by atoms with Crippen LogP contribution in [0.2, 0.25) is 0 Å². The minimum atomic E-state index is -3.60. The van der Waals surface area contributed by atoms with Crippen molar-refractivity contribution in [3.05, 3.63) is 144 Å². The number of aliphatic hydroxyl groups is 3.